The second-order valence-electron chi connectivity index (χ2n) is 10.5. The van der Waals surface area contributed by atoms with Crippen LogP contribution in [-0.2, 0) is 16.0 Å². The smallest absolute Gasteiger partial charge is 0.234 e. The molecule has 5 aliphatic rings. The number of amides is 2. The van der Waals surface area contributed by atoms with Gasteiger partial charge in [-0.2, -0.15) is 0 Å². The summed E-state index contributed by atoms with van der Waals surface area (Å²) in [6, 6.07) is 7.74. The van der Waals surface area contributed by atoms with Gasteiger partial charge in [-0.3, -0.25) is 14.5 Å². The number of carbonyl (C=O) groups is 2. The first-order valence-corrected chi connectivity index (χ1v) is 12.4. The van der Waals surface area contributed by atoms with Gasteiger partial charge in [-0.1, -0.05) is 23.7 Å². The van der Waals surface area contributed by atoms with Crippen LogP contribution in [0, 0.1) is 23.2 Å². The summed E-state index contributed by atoms with van der Waals surface area (Å²) in [6.07, 6.45) is 8.31. The first-order valence-electron chi connectivity index (χ1n) is 12.0. The van der Waals surface area contributed by atoms with Gasteiger partial charge in [-0.25, -0.2) is 0 Å². The molecule has 1 aromatic rings. The second-order valence-corrected chi connectivity index (χ2v) is 10.9. The van der Waals surface area contributed by atoms with Gasteiger partial charge in [0.1, 0.15) is 0 Å². The minimum Gasteiger partial charge on any atom is -0.355 e. The molecule has 168 valence electrons. The molecule has 2 amide bonds. The van der Waals surface area contributed by atoms with Crippen molar-refractivity contribution >= 4 is 23.4 Å². The third-order valence-corrected chi connectivity index (χ3v) is 8.42. The van der Waals surface area contributed by atoms with Crippen molar-refractivity contribution in [3.8, 4) is 0 Å². The largest absolute Gasteiger partial charge is 0.355 e. The Balaban J connectivity index is 1.06. The molecule has 0 aromatic heterocycles. The fourth-order valence-corrected chi connectivity index (χ4v) is 7.20. The number of nitrogens with one attached hydrogen (secondary N) is 1. The lowest BCUT2D eigenvalue weighted by Gasteiger charge is -2.57. The Hall–Kier alpha value is -1.59. The Labute approximate surface area is 190 Å². The fourth-order valence-electron chi connectivity index (χ4n) is 7.07. The van der Waals surface area contributed by atoms with E-state index in [1.165, 1.54) is 24.8 Å². The molecule has 6 heteroatoms. The minimum absolute atomic E-state index is 0.0457. The molecule has 1 saturated heterocycles. The number of halogens is 1. The molecule has 4 bridgehead atoms. The van der Waals surface area contributed by atoms with Gasteiger partial charge < -0.3 is 10.2 Å². The van der Waals surface area contributed by atoms with E-state index in [4.69, 9.17) is 11.6 Å². The van der Waals surface area contributed by atoms with Gasteiger partial charge in [-0.15, -0.1) is 0 Å². The second kappa shape index (κ2) is 8.74. The highest BCUT2D eigenvalue weighted by atomic mass is 35.5. The molecule has 4 saturated carbocycles. The maximum Gasteiger partial charge on any atom is 0.234 e. The van der Waals surface area contributed by atoms with Crippen LogP contribution < -0.4 is 5.32 Å². The van der Waals surface area contributed by atoms with E-state index in [2.05, 4.69) is 15.1 Å². The average molecular weight is 444 g/mol. The van der Waals surface area contributed by atoms with Gasteiger partial charge >= 0.3 is 0 Å². The number of benzene rings is 1. The van der Waals surface area contributed by atoms with Crippen LogP contribution in [0.1, 0.15) is 44.1 Å². The van der Waals surface area contributed by atoms with E-state index >= 15 is 0 Å². The molecule has 6 rings (SSSR count). The Morgan fingerprint density at radius 1 is 0.935 bits per heavy atom. The lowest BCUT2D eigenvalue weighted by Crippen LogP contribution is -2.58. The van der Waals surface area contributed by atoms with Gasteiger partial charge in [0.05, 0.1) is 12.0 Å². The molecule has 0 spiro atoms. The molecular formula is C25H34ClN3O2. The Morgan fingerprint density at radius 2 is 1.52 bits per heavy atom. The standard InChI is InChI=1S/C25H34ClN3O2/c26-22-3-1-18(2-4-22)5-6-27-23(30)17-28-7-9-29(10-8-28)24(31)25-14-19-11-20(15-25)13-21(12-19)16-25/h1-4,19-21H,5-17H2,(H,27,30). The van der Waals surface area contributed by atoms with Crippen LogP contribution in [0.5, 0.6) is 0 Å². The quantitative estimate of drug-likeness (QED) is 0.733. The van der Waals surface area contributed by atoms with Crippen molar-refractivity contribution < 1.29 is 9.59 Å². The van der Waals surface area contributed by atoms with Gasteiger partial charge in [0.2, 0.25) is 11.8 Å². The number of hydrogen-bond acceptors (Lipinski definition) is 3. The Kier molecular flexibility index (Phi) is 6.00. The predicted octanol–water partition coefficient (Wildman–Crippen LogP) is 3.36. The summed E-state index contributed by atoms with van der Waals surface area (Å²) in [5.41, 5.74) is 1.12. The van der Waals surface area contributed by atoms with E-state index in [0.717, 1.165) is 74.6 Å². The summed E-state index contributed by atoms with van der Waals surface area (Å²) in [5, 5.41) is 3.75. The summed E-state index contributed by atoms with van der Waals surface area (Å²) in [6.45, 7) is 4.16. The van der Waals surface area contributed by atoms with Crippen molar-refractivity contribution in [2.75, 3.05) is 39.3 Å². The first-order chi connectivity index (χ1) is 15.0. The van der Waals surface area contributed by atoms with Gasteiger partial charge in [0, 0.05) is 37.7 Å². The van der Waals surface area contributed by atoms with Crippen molar-refractivity contribution in [1.82, 2.24) is 15.1 Å². The van der Waals surface area contributed by atoms with Gasteiger partial charge in [0.15, 0.2) is 0 Å². The maximum absolute atomic E-state index is 13.5. The third kappa shape index (κ3) is 4.63. The Bertz CT molecular complexity index is 781. The van der Waals surface area contributed by atoms with Crippen molar-refractivity contribution in [2.45, 2.75) is 44.9 Å². The molecule has 1 heterocycles. The molecular weight excluding hydrogens is 410 g/mol. The number of nitrogens with zero attached hydrogens (tertiary/aromatic N) is 2. The predicted molar refractivity (Wildman–Crippen MR) is 122 cm³/mol. The lowest BCUT2D eigenvalue weighted by atomic mass is 9.49. The number of hydrogen-bond donors (Lipinski definition) is 1. The molecule has 5 fully saturated rings. The zero-order chi connectivity index (χ0) is 21.4. The van der Waals surface area contributed by atoms with Crippen LogP contribution in [0.15, 0.2) is 24.3 Å². The number of rotatable bonds is 6. The molecule has 0 unspecified atom stereocenters. The van der Waals surface area contributed by atoms with E-state index in [1.807, 2.05) is 24.3 Å². The highest BCUT2D eigenvalue weighted by Gasteiger charge is 2.55. The van der Waals surface area contributed by atoms with Gasteiger partial charge in [0.25, 0.3) is 0 Å². The van der Waals surface area contributed by atoms with Crippen molar-refractivity contribution in [2.24, 2.45) is 23.2 Å². The van der Waals surface area contributed by atoms with Crippen LogP contribution in [0.2, 0.25) is 5.02 Å². The van der Waals surface area contributed by atoms with Crippen LogP contribution in [0.3, 0.4) is 0 Å². The number of piperazine rings is 1. The molecule has 31 heavy (non-hydrogen) atoms. The summed E-state index contributed by atoms with van der Waals surface area (Å²) in [7, 11) is 0. The van der Waals surface area contributed by atoms with Gasteiger partial charge in [-0.05, 0) is 80.4 Å². The monoisotopic (exact) mass is 443 g/mol. The molecule has 5 nitrogen and oxygen atoms in total. The highest BCUT2D eigenvalue weighted by Crippen LogP contribution is 2.60. The molecule has 0 radical (unpaired) electrons. The third-order valence-electron chi connectivity index (χ3n) is 8.17. The lowest BCUT2D eigenvalue weighted by molar-refractivity contribution is -0.159. The first kappa shape index (κ1) is 21.3. The zero-order valence-electron chi connectivity index (χ0n) is 18.3. The number of carbonyl (C=O) groups excluding carboxylic acids is 2. The molecule has 1 N–H and O–H groups in total. The minimum atomic E-state index is -0.0457. The maximum atomic E-state index is 13.5. The zero-order valence-corrected chi connectivity index (χ0v) is 19.1. The normalized spacial score (nSPS) is 32.3. The van der Waals surface area contributed by atoms with Crippen LogP contribution in [-0.4, -0.2) is 60.9 Å². The summed E-state index contributed by atoms with van der Waals surface area (Å²) in [4.78, 5) is 30.1. The van der Waals surface area contributed by atoms with Crippen LogP contribution in [0.4, 0.5) is 0 Å². The van der Waals surface area contributed by atoms with Crippen LogP contribution >= 0.6 is 11.6 Å². The summed E-state index contributed by atoms with van der Waals surface area (Å²) in [5.74, 6) is 2.89. The molecule has 4 aliphatic carbocycles. The molecule has 1 aliphatic heterocycles. The van der Waals surface area contributed by atoms with Crippen LogP contribution in [0.25, 0.3) is 0 Å². The van der Waals surface area contributed by atoms with E-state index in [0.29, 0.717) is 19.0 Å². The van der Waals surface area contributed by atoms with E-state index in [9.17, 15) is 9.59 Å². The SMILES string of the molecule is O=C(CN1CCN(C(=O)C23CC4CC(CC(C4)C2)C3)CC1)NCCc1ccc(Cl)cc1. The van der Waals surface area contributed by atoms with E-state index < -0.39 is 0 Å². The van der Waals surface area contributed by atoms with Crippen molar-refractivity contribution in [3.05, 3.63) is 34.9 Å². The molecule has 0 atom stereocenters. The highest BCUT2D eigenvalue weighted by molar-refractivity contribution is 6.30. The topological polar surface area (TPSA) is 52.7 Å². The van der Waals surface area contributed by atoms with E-state index in [-0.39, 0.29) is 11.3 Å². The van der Waals surface area contributed by atoms with Crippen molar-refractivity contribution in [3.63, 3.8) is 0 Å². The summed E-state index contributed by atoms with van der Waals surface area (Å²) < 4.78 is 0. The molecule has 1 aromatic carbocycles. The average Bonchev–Trinajstić information content (AvgIpc) is 2.74. The fraction of sp³-hybridized carbons (Fsp3) is 0.680. The van der Waals surface area contributed by atoms with E-state index in [1.54, 1.807) is 0 Å². The Morgan fingerprint density at radius 3 is 2.10 bits per heavy atom. The summed E-state index contributed by atoms with van der Waals surface area (Å²) >= 11 is 5.91. The van der Waals surface area contributed by atoms with Crippen molar-refractivity contribution in [1.29, 1.82) is 0 Å².